The van der Waals surface area contributed by atoms with Crippen molar-refractivity contribution in [3.63, 3.8) is 0 Å². The van der Waals surface area contributed by atoms with E-state index < -0.39 is 5.97 Å². The Balaban J connectivity index is 0.00000133. The fourth-order valence-electron chi connectivity index (χ4n) is 2.65. The summed E-state index contributed by atoms with van der Waals surface area (Å²) in [5.74, 6) is -0.295. The number of hydrogen-bond donors (Lipinski definition) is 2. The van der Waals surface area contributed by atoms with Gasteiger partial charge in [-0.1, -0.05) is 18.2 Å². The first-order valence-corrected chi connectivity index (χ1v) is 7.03. The van der Waals surface area contributed by atoms with Crippen LogP contribution in [-0.4, -0.2) is 23.7 Å². The molecule has 0 amide bonds. The fourth-order valence-corrected chi connectivity index (χ4v) is 3.63. The van der Waals surface area contributed by atoms with E-state index in [4.69, 9.17) is 5.11 Å². The van der Waals surface area contributed by atoms with Gasteiger partial charge in [-0.25, -0.2) is 0 Å². The van der Waals surface area contributed by atoms with Gasteiger partial charge in [0, 0.05) is 4.70 Å². The van der Waals surface area contributed by atoms with Crippen molar-refractivity contribution in [1.29, 1.82) is 0 Å². The number of hydrogen-bond acceptors (Lipinski definition) is 3. The van der Waals surface area contributed by atoms with Crippen LogP contribution >= 0.6 is 23.7 Å². The summed E-state index contributed by atoms with van der Waals surface area (Å²) in [7, 11) is 0. The molecule has 0 bridgehead atoms. The summed E-state index contributed by atoms with van der Waals surface area (Å²) in [5.41, 5.74) is 1.36. The highest BCUT2D eigenvalue weighted by molar-refractivity contribution is 7.17. The molecular formula is C14H16ClNO2S. The highest BCUT2D eigenvalue weighted by Crippen LogP contribution is 2.29. The van der Waals surface area contributed by atoms with Crippen LogP contribution in [-0.2, 0) is 11.2 Å². The molecule has 5 heteroatoms. The molecule has 1 aromatic heterocycles. The van der Waals surface area contributed by atoms with Gasteiger partial charge in [0.2, 0.25) is 0 Å². The minimum absolute atomic E-state index is 0. The Morgan fingerprint density at radius 2 is 2.21 bits per heavy atom. The predicted octanol–water partition coefficient (Wildman–Crippen LogP) is 2.93. The lowest BCUT2D eigenvalue weighted by molar-refractivity contribution is -0.139. The van der Waals surface area contributed by atoms with Crippen LogP contribution in [0.3, 0.4) is 0 Å². The summed E-state index contributed by atoms with van der Waals surface area (Å²) < 4.78 is 1.31. The molecule has 3 rings (SSSR count). The van der Waals surface area contributed by atoms with E-state index in [0.29, 0.717) is 5.92 Å². The van der Waals surface area contributed by atoms with Crippen LogP contribution in [0.2, 0.25) is 0 Å². The second-order valence-corrected chi connectivity index (χ2v) is 5.77. The minimum Gasteiger partial charge on any atom is -0.480 e. The Labute approximate surface area is 122 Å². The van der Waals surface area contributed by atoms with Crippen molar-refractivity contribution >= 4 is 39.8 Å². The summed E-state index contributed by atoms with van der Waals surface area (Å²) in [6.45, 7) is 0.807. The molecule has 2 atom stereocenters. The molecular weight excluding hydrogens is 282 g/mol. The van der Waals surface area contributed by atoms with Gasteiger partial charge in [0.1, 0.15) is 6.04 Å². The lowest BCUT2D eigenvalue weighted by Crippen LogP contribution is -2.29. The molecule has 19 heavy (non-hydrogen) atoms. The summed E-state index contributed by atoms with van der Waals surface area (Å²) in [4.78, 5) is 10.9. The minimum atomic E-state index is -0.729. The van der Waals surface area contributed by atoms with Crippen LogP contribution in [0.1, 0.15) is 12.0 Å². The number of thiophene rings is 1. The second kappa shape index (κ2) is 5.90. The molecule has 1 fully saturated rings. The molecule has 2 N–H and O–H groups in total. The predicted molar refractivity (Wildman–Crippen MR) is 80.3 cm³/mol. The summed E-state index contributed by atoms with van der Waals surface area (Å²) >= 11 is 1.77. The number of carboxylic acid groups (broad SMARTS) is 1. The van der Waals surface area contributed by atoms with Crippen molar-refractivity contribution in [2.75, 3.05) is 6.54 Å². The smallest absolute Gasteiger partial charge is 0.320 e. The number of rotatable bonds is 3. The number of benzene rings is 1. The van der Waals surface area contributed by atoms with Gasteiger partial charge in [-0.2, -0.15) is 0 Å². The zero-order valence-electron chi connectivity index (χ0n) is 10.3. The average molecular weight is 298 g/mol. The zero-order chi connectivity index (χ0) is 12.5. The van der Waals surface area contributed by atoms with Gasteiger partial charge in [-0.05, 0) is 47.7 Å². The van der Waals surface area contributed by atoms with E-state index in [-0.39, 0.29) is 18.4 Å². The zero-order valence-corrected chi connectivity index (χ0v) is 12.0. The van der Waals surface area contributed by atoms with E-state index in [0.717, 1.165) is 19.4 Å². The van der Waals surface area contributed by atoms with Gasteiger partial charge < -0.3 is 10.4 Å². The van der Waals surface area contributed by atoms with E-state index in [1.807, 2.05) is 0 Å². The first-order chi connectivity index (χ1) is 8.74. The van der Waals surface area contributed by atoms with Crippen molar-refractivity contribution in [3.8, 4) is 0 Å². The van der Waals surface area contributed by atoms with Crippen LogP contribution < -0.4 is 5.32 Å². The lowest BCUT2D eigenvalue weighted by atomic mass is 9.96. The van der Waals surface area contributed by atoms with E-state index in [1.54, 1.807) is 11.3 Å². The second-order valence-electron chi connectivity index (χ2n) is 4.86. The molecule has 2 heterocycles. The van der Waals surface area contributed by atoms with Gasteiger partial charge in [0.05, 0.1) is 0 Å². The van der Waals surface area contributed by atoms with Crippen LogP contribution in [0.25, 0.3) is 10.1 Å². The number of nitrogens with one attached hydrogen (secondary N) is 1. The van der Waals surface area contributed by atoms with E-state index in [2.05, 4.69) is 35.0 Å². The van der Waals surface area contributed by atoms with Gasteiger partial charge in [0.15, 0.2) is 0 Å². The third kappa shape index (κ3) is 2.91. The molecule has 0 aliphatic carbocycles. The maximum atomic E-state index is 10.9. The summed E-state index contributed by atoms with van der Waals surface area (Å²) in [6, 6.07) is 8.04. The van der Waals surface area contributed by atoms with E-state index in [1.165, 1.54) is 15.6 Å². The Hall–Kier alpha value is -1.10. The average Bonchev–Trinajstić information content (AvgIpc) is 2.98. The van der Waals surface area contributed by atoms with Crippen LogP contribution in [0.15, 0.2) is 29.6 Å². The molecule has 1 aliphatic heterocycles. The van der Waals surface area contributed by atoms with Gasteiger partial charge in [-0.3, -0.25) is 4.79 Å². The van der Waals surface area contributed by atoms with Crippen molar-refractivity contribution in [2.24, 2.45) is 5.92 Å². The fraction of sp³-hybridized carbons (Fsp3) is 0.357. The summed E-state index contributed by atoms with van der Waals surface area (Å²) in [6.07, 6.45) is 1.71. The number of aliphatic carboxylic acids is 1. The number of carboxylic acids is 1. The molecule has 2 unspecified atom stereocenters. The van der Waals surface area contributed by atoms with Gasteiger partial charge in [0.25, 0.3) is 0 Å². The van der Waals surface area contributed by atoms with Crippen molar-refractivity contribution in [1.82, 2.24) is 5.32 Å². The number of carbonyl (C=O) groups is 1. The standard InChI is InChI=1S/C14H15NO2S.ClH/c16-14(17)12-6-9(7-15-12)5-10-8-18-13-4-2-1-3-11(10)13;/h1-4,8-9,12,15H,5-7H2,(H,16,17);1H. The molecule has 2 aromatic rings. The molecule has 3 nitrogen and oxygen atoms in total. The van der Waals surface area contributed by atoms with Gasteiger partial charge in [-0.15, -0.1) is 23.7 Å². The molecule has 0 radical (unpaired) electrons. The third-order valence-electron chi connectivity index (χ3n) is 3.59. The van der Waals surface area contributed by atoms with Crippen LogP contribution in [0.4, 0.5) is 0 Å². The Bertz CT molecular complexity index is 584. The highest BCUT2D eigenvalue weighted by atomic mass is 35.5. The summed E-state index contributed by atoms with van der Waals surface area (Å²) in [5, 5.41) is 15.6. The maximum Gasteiger partial charge on any atom is 0.320 e. The van der Waals surface area contributed by atoms with Crippen molar-refractivity contribution < 1.29 is 9.90 Å². The quantitative estimate of drug-likeness (QED) is 0.916. The number of fused-ring (bicyclic) bond motifs is 1. The topological polar surface area (TPSA) is 49.3 Å². The van der Waals surface area contributed by atoms with Crippen LogP contribution in [0.5, 0.6) is 0 Å². The number of halogens is 1. The molecule has 1 aromatic carbocycles. The first kappa shape index (κ1) is 14.3. The monoisotopic (exact) mass is 297 g/mol. The van der Waals surface area contributed by atoms with E-state index >= 15 is 0 Å². The molecule has 0 spiro atoms. The normalized spacial score (nSPS) is 22.3. The highest BCUT2D eigenvalue weighted by Gasteiger charge is 2.29. The Kier molecular flexibility index (Phi) is 4.45. The van der Waals surface area contributed by atoms with Crippen LogP contribution in [0, 0.1) is 5.92 Å². The van der Waals surface area contributed by atoms with Crippen molar-refractivity contribution in [3.05, 3.63) is 35.2 Å². The molecule has 0 saturated carbocycles. The first-order valence-electron chi connectivity index (χ1n) is 6.15. The van der Waals surface area contributed by atoms with Gasteiger partial charge >= 0.3 is 5.97 Å². The lowest BCUT2D eigenvalue weighted by Gasteiger charge is -2.07. The third-order valence-corrected chi connectivity index (χ3v) is 4.60. The Morgan fingerprint density at radius 3 is 2.95 bits per heavy atom. The maximum absolute atomic E-state index is 10.9. The SMILES string of the molecule is Cl.O=C(O)C1CC(Cc2csc3ccccc23)CN1. The Morgan fingerprint density at radius 1 is 1.42 bits per heavy atom. The molecule has 1 saturated heterocycles. The molecule has 102 valence electrons. The largest absolute Gasteiger partial charge is 0.480 e. The van der Waals surface area contributed by atoms with E-state index in [9.17, 15) is 4.79 Å². The van der Waals surface area contributed by atoms with Crippen molar-refractivity contribution in [2.45, 2.75) is 18.9 Å². The molecule has 1 aliphatic rings.